The molecule has 4 nitrogen and oxygen atoms in total. The lowest BCUT2D eigenvalue weighted by Gasteiger charge is -2.22. The van der Waals surface area contributed by atoms with Gasteiger partial charge in [-0.25, -0.2) is 18.8 Å². The Bertz CT molecular complexity index is 1030. The summed E-state index contributed by atoms with van der Waals surface area (Å²) < 4.78 is 28.0. The third kappa shape index (κ3) is 2.76. The van der Waals surface area contributed by atoms with Gasteiger partial charge in [-0.1, -0.05) is 23.2 Å². The fourth-order valence-electron chi connectivity index (χ4n) is 2.96. The molecular formula is C18H12Cl2F2N4. The number of aromatic nitrogens is 1. The zero-order chi connectivity index (χ0) is 18.4. The normalized spacial score (nSPS) is 12.9. The molecule has 2 heterocycles. The van der Waals surface area contributed by atoms with Crippen molar-refractivity contribution in [3.05, 3.63) is 69.8 Å². The average molecular weight is 393 g/mol. The zero-order valence-electron chi connectivity index (χ0n) is 13.4. The standard InChI is InChI=1S/C18H12Cl2F2N4/c1-9-4-5-23-18(16(9)12-3-2-11(21)8-13(12)20)26-17-14(22)6-10(19)7-15(17)24-25-26/h2-8,24-25H,1H3. The number of anilines is 3. The van der Waals surface area contributed by atoms with E-state index in [1.807, 2.05) is 6.92 Å². The molecule has 0 aliphatic carbocycles. The maximum Gasteiger partial charge on any atom is 0.157 e. The summed E-state index contributed by atoms with van der Waals surface area (Å²) >= 11 is 12.2. The fraction of sp³-hybridized carbons (Fsp3) is 0.0556. The molecule has 0 amide bonds. The Labute approximate surface area is 158 Å². The number of halogens is 4. The quantitative estimate of drug-likeness (QED) is 0.593. The minimum atomic E-state index is -0.510. The lowest BCUT2D eigenvalue weighted by molar-refractivity contribution is 0.625. The highest BCUT2D eigenvalue weighted by molar-refractivity contribution is 6.33. The third-order valence-corrected chi connectivity index (χ3v) is 4.64. The topological polar surface area (TPSA) is 40.2 Å². The van der Waals surface area contributed by atoms with Gasteiger partial charge in [0.25, 0.3) is 0 Å². The van der Waals surface area contributed by atoms with Crippen LogP contribution >= 0.6 is 23.2 Å². The highest BCUT2D eigenvalue weighted by Gasteiger charge is 2.29. The van der Waals surface area contributed by atoms with E-state index in [0.29, 0.717) is 22.6 Å². The van der Waals surface area contributed by atoms with E-state index in [0.717, 1.165) is 5.56 Å². The van der Waals surface area contributed by atoms with Crippen molar-refractivity contribution < 1.29 is 8.78 Å². The molecule has 0 fully saturated rings. The summed E-state index contributed by atoms with van der Waals surface area (Å²) in [5.41, 5.74) is 8.60. The maximum absolute atomic E-state index is 14.5. The van der Waals surface area contributed by atoms with Crippen LogP contribution in [0.1, 0.15) is 5.56 Å². The summed E-state index contributed by atoms with van der Waals surface area (Å²) in [4.78, 5) is 4.40. The lowest BCUT2D eigenvalue weighted by Crippen LogP contribution is -2.33. The first-order valence-electron chi connectivity index (χ1n) is 7.67. The molecule has 3 aromatic rings. The molecule has 0 atom stereocenters. The predicted octanol–water partition coefficient (Wildman–Crippen LogP) is 5.63. The van der Waals surface area contributed by atoms with Crippen LogP contribution in [0.2, 0.25) is 10.0 Å². The summed E-state index contributed by atoms with van der Waals surface area (Å²) in [6, 6.07) is 8.77. The molecule has 0 saturated carbocycles. The van der Waals surface area contributed by atoms with E-state index < -0.39 is 11.6 Å². The van der Waals surface area contributed by atoms with Crippen molar-refractivity contribution in [3.8, 4) is 11.1 Å². The Hall–Kier alpha value is -2.41. The maximum atomic E-state index is 14.5. The van der Waals surface area contributed by atoms with Crippen LogP contribution in [-0.2, 0) is 0 Å². The number of rotatable bonds is 2. The number of fused-ring (bicyclic) bond motifs is 1. The van der Waals surface area contributed by atoms with Gasteiger partial charge in [-0.2, -0.15) is 0 Å². The molecule has 2 aromatic carbocycles. The minimum Gasteiger partial charge on any atom is -0.301 e. The van der Waals surface area contributed by atoms with E-state index in [9.17, 15) is 8.78 Å². The Balaban J connectivity index is 1.92. The molecule has 1 aromatic heterocycles. The second kappa shape index (κ2) is 6.39. The molecule has 4 rings (SSSR count). The minimum absolute atomic E-state index is 0.242. The number of aryl methyl sites for hydroxylation is 1. The molecule has 1 aliphatic heterocycles. The Kier molecular flexibility index (Phi) is 4.19. The summed E-state index contributed by atoms with van der Waals surface area (Å²) in [6.07, 6.45) is 1.61. The average Bonchev–Trinajstić information content (AvgIpc) is 2.99. The van der Waals surface area contributed by atoms with Gasteiger partial charge in [-0.05, 0) is 48.9 Å². The van der Waals surface area contributed by atoms with E-state index in [4.69, 9.17) is 23.2 Å². The summed E-state index contributed by atoms with van der Waals surface area (Å²) in [5, 5.41) is 1.99. The van der Waals surface area contributed by atoms with E-state index in [1.54, 1.807) is 24.4 Å². The number of pyridine rings is 1. The summed E-state index contributed by atoms with van der Waals surface area (Å²) in [6.45, 7) is 1.88. The largest absolute Gasteiger partial charge is 0.301 e. The lowest BCUT2D eigenvalue weighted by atomic mass is 10.0. The molecule has 0 saturated heterocycles. The molecule has 0 radical (unpaired) electrons. The van der Waals surface area contributed by atoms with Crippen LogP contribution in [0.25, 0.3) is 11.1 Å². The Morgan fingerprint density at radius 1 is 1.08 bits per heavy atom. The van der Waals surface area contributed by atoms with Gasteiger partial charge < -0.3 is 5.43 Å². The molecule has 2 N–H and O–H groups in total. The third-order valence-electron chi connectivity index (χ3n) is 4.11. The van der Waals surface area contributed by atoms with Crippen LogP contribution in [0.4, 0.5) is 26.0 Å². The van der Waals surface area contributed by atoms with Crippen molar-refractivity contribution in [1.29, 1.82) is 0 Å². The first-order chi connectivity index (χ1) is 12.5. The number of hydrogen-bond acceptors (Lipinski definition) is 4. The van der Waals surface area contributed by atoms with E-state index in [2.05, 4.69) is 15.9 Å². The van der Waals surface area contributed by atoms with E-state index in [-0.39, 0.29) is 15.7 Å². The first-order valence-corrected chi connectivity index (χ1v) is 8.43. The molecule has 1 aliphatic rings. The highest BCUT2D eigenvalue weighted by Crippen LogP contribution is 2.43. The van der Waals surface area contributed by atoms with Crippen LogP contribution in [0.15, 0.2) is 42.6 Å². The molecule has 26 heavy (non-hydrogen) atoms. The predicted molar refractivity (Wildman–Crippen MR) is 99.7 cm³/mol. The number of nitrogens with zero attached hydrogens (tertiary/aromatic N) is 2. The van der Waals surface area contributed by atoms with Crippen molar-refractivity contribution in [2.24, 2.45) is 0 Å². The van der Waals surface area contributed by atoms with Crippen molar-refractivity contribution >= 4 is 40.4 Å². The SMILES string of the molecule is Cc1ccnc(N2NNc3cc(Cl)cc(F)c32)c1-c1ccc(F)cc1Cl. The second-order valence-corrected chi connectivity index (χ2v) is 6.65. The second-order valence-electron chi connectivity index (χ2n) is 5.81. The fourth-order valence-corrected chi connectivity index (χ4v) is 3.42. The van der Waals surface area contributed by atoms with Crippen molar-refractivity contribution in [2.75, 3.05) is 10.4 Å². The molecule has 132 valence electrons. The zero-order valence-corrected chi connectivity index (χ0v) is 15.0. The molecular weight excluding hydrogens is 381 g/mol. The van der Waals surface area contributed by atoms with Crippen LogP contribution in [0.5, 0.6) is 0 Å². The number of hydrazine groups is 2. The molecule has 8 heteroatoms. The number of hydrogen-bond donors (Lipinski definition) is 2. The van der Waals surface area contributed by atoms with Gasteiger partial charge in [0, 0.05) is 22.3 Å². The monoisotopic (exact) mass is 392 g/mol. The first kappa shape index (κ1) is 17.0. The van der Waals surface area contributed by atoms with Crippen LogP contribution < -0.4 is 16.0 Å². The molecule has 0 unspecified atom stereocenters. The Morgan fingerprint density at radius 3 is 2.65 bits per heavy atom. The van der Waals surface area contributed by atoms with Crippen molar-refractivity contribution in [1.82, 2.24) is 10.5 Å². The smallest absolute Gasteiger partial charge is 0.157 e. The molecule has 0 bridgehead atoms. The number of benzene rings is 2. The van der Waals surface area contributed by atoms with Gasteiger partial charge in [0.1, 0.15) is 11.5 Å². The van der Waals surface area contributed by atoms with Gasteiger partial charge in [0.2, 0.25) is 0 Å². The van der Waals surface area contributed by atoms with E-state index in [1.165, 1.54) is 23.2 Å². The summed E-state index contributed by atoms with van der Waals surface area (Å²) in [7, 11) is 0. The van der Waals surface area contributed by atoms with Crippen molar-refractivity contribution in [3.63, 3.8) is 0 Å². The van der Waals surface area contributed by atoms with Gasteiger partial charge >= 0.3 is 0 Å². The van der Waals surface area contributed by atoms with Crippen LogP contribution in [0.3, 0.4) is 0 Å². The van der Waals surface area contributed by atoms with Gasteiger partial charge in [-0.3, -0.25) is 0 Å². The summed E-state index contributed by atoms with van der Waals surface area (Å²) in [5.74, 6) is -0.524. The van der Waals surface area contributed by atoms with Crippen LogP contribution in [0, 0.1) is 18.6 Å². The van der Waals surface area contributed by atoms with Gasteiger partial charge in [-0.15, -0.1) is 5.53 Å². The van der Waals surface area contributed by atoms with E-state index >= 15 is 0 Å². The molecule has 0 spiro atoms. The highest BCUT2D eigenvalue weighted by atomic mass is 35.5. The van der Waals surface area contributed by atoms with Gasteiger partial charge in [0.05, 0.1) is 10.7 Å². The van der Waals surface area contributed by atoms with Crippen molar-refractivity contribution in [2.45, 2.75) is 6.92 Å². The Morgan fingerprint density at radius 2 is 1.88 bits per heavy atom. The van der Waals surface area contributed by atoms with Gasteiger partial charge in [0.15, 0.2) is 11.6 Å². The van der Waals surface area contributed by atoms with Crippen LogP contribution in [-0.4, -0.2) is 4.98 Å². The number of nitrogens with one attached hydrogen (secondary N) is 2.